The van der Waals surface area contributed by atoms with Gasteiger partial charge in [0.15, 0.2) is 0 Å². The minimum atomic E-state index is -0.107. The van der Waals surface area contributed by atoms with E-state index in [9.17, 15) is 9.90 Å². The Labute approximate surface area is 186 Å². The van der Waals surface area contributed by atoms with E-state index in [1.807, 2.05) is 32.3 Å². The molecule has 1 aromatic carbocycles. The molecule has 0 aromatic heterocycles. The minimum absolute atomic E-state index is 0.00720. The zero-order valence-corrected chi connectivity index (χ0v) is 19.6. The Morgan fingerprint density at radius 1 is 1.32 bits per heavy atom. The molecule has 3 rings (SSSR count). The molecule has 31 heavy (non-hydrogen) atoms. The van der Waals surface area contributed by atoms with Crippen LogP contribution in [-0.2, 0) is 13.1 Å². The number of fused-ring (bicyclic) bond motifs is 1. The monoisotopic (exact) mass is 428 g/mol. The number of allylic oxidation sites excluding steroid dienone is 3. The van der Waals surface area contributed by atoms with Crippen LogP contribution in [0.4, 0.5) is 0 Å². The smallest absolute Gasteiger partial charge is 0.272 e. The summed E-state index contributed by atoms with van der Waals surface area (Å²) in [6.45, 7) is 9.77. The molecule has 0 spiro atoms. The number of aliphatic hydroxyl groups excluding tert-OH is 1. The molecule has 0 radical (unpaired) electrons. The van der Waals surface area contributed by atoms with Gasteiger partial charge in [0.1, 0.15) is 0 Å². The third-order valence-corrected chi connectivity index (χ3v) is 6.77. The van der Waals surface area contributed by atoms with Crippen molar-refractivity contribution in [2.24, 2.45) is 5.41 Å². The maximum absolute atomic E-state index is 12.8. The highest BCUT2D eigenvalue weighted by Crippen LogP contribution is 2.40. The minimum Gasteiger partial charge on any atom is -0.594 e. The van der Waals surface area contributed by atoms with Crippen LogP contribution in [0.5, 0.6) is 0 Å². The zero-order valence-electron chi connectivity index (χ0n) is 19.6. The number of nitrogens with zero attached hydrogens (tertiary/aromatic N) is 2. The van der Waals surface area contributed by atoms with E-state index in [2.05, 4.69) is 42.0 Å². The lowest BCUT2D eigenvalue weighted by Crippen LogP contribution is -2.41. The van der Waals surface area contributed by atoms with Crippen LogP contribution in [0.15, 0.2) is 41.9 Å². The molecule has 1 aliphatic carbocycles. The molecule has 1 aliphatic heterocycles. The number of carbonyl (C=O) groups excluding carboxylic acids is 1. The Morgan fingerprint density at radius 2 is 2.06 bits per heavy atom. The van der Waals surface area contributed by atoms with Crippen molar-refractivity contribution in [2.75, 3.05) is 27.2 Å². The third kappa shape index (κ3) is 5.49. The molecule has 4 N–H and O–H groups in total. The quantitative estimate of drug-likeness (QED) is 0.623. The van der Waals surface area contributed by atoms with E-state index in [4.69, 9.17) is 5.11 Å². The summed E-state index contributed by atoms with van der Waals surface area (Å²) in [6.07, 6.45) is 6.21. The van der Waals surface area contributed by atoms with E-state index >= 15 is 0 Å². The van der Waals surface area contributed by atoms with Gasteiger partial charge in [0.05, 0.1) is 6.42 Å². The molecule has 0 saturated heterocycles. The molecular formula is C25H38N3O3+. The van der Waals surface area contributed by atoms with Crippen molar-refractivity contribution in [1.82, 2.24) is 15.1 Å². The summed E-state index contributed by atoms with van der Waals surface area (Å²) in [5.41, 5.74) is 3.02. The summed E-state index contributed by atoms with van der Waals surface area (Å²) >= 11 is 0. The number of carbonyl (C=O) groups is 1. The predicted octanol–water partition coefficient (Wildman–Crippen LogP) is 3.31. The van der Waals surface area contributed by atoms with Gasteiger partial charge in [0, 0.05) is 37.3 Å². The zero-order chi connectivity index (χ0) is 22.8. The van der Waals surface area contributed by atoms with Crippen molar-refractivity contribution in [2.45, 2.75) is 58.7 Å². The van der Waals surface area contributed by atoms with Crippen LogP contribution in [0.2, 0.25) is 0 Å². The highest BCUT2D eigenvalue weighted by molar-refractivity contribution is 5.96. The Morgan fingerprint density at radius 3 is 2.74 bits per heavy atom. The molecule has 0 bridgehead atoms. The van der Waals surface area contributed by atoms with Crippen molar-refractivity contribution in [3.8, 4) is 0 Å². The molecule has 0 fully saturated rings. The molecule has 6 nitrogen and oxygen atoms in total. The van der Waals surface area contributed by atoms with Gasteiger partial charge >= 0.3 is 0 Å². The van der Waals surface area contributed by atoms with Gasteiger partial charge in [-0.2, -0.15) is 0 Å². The Kier molecular flexibility index (Phi) is 6.82. The van der Waals surface area contributed by atoms with E-state index in [1.165, 1.54) is 5.56 Å². The predicted molar refractivity (Wildman–Crippen MR) is 125 cm³/mol. The number of hydrogen-bond donors (Lipinski definition) is 2. The molecule has 0 saturated carbocycles. The van der Waals surface area contributed by atoms with Gasteiger partial charge in [-0.05, 0) is 69.5 Å². The van der Waals surface area contributed by atoms with Crippen LogP contribution in [0.25, 0.3) is 0 Å². The van der Waals surface area contributed by atoms with Crippen molar-refractivity contribution >= 4 is 5.91 Å². The normalized spacial score (nSPS) is 21.6. The summed E-state index contributed by atoms with van der Waals surface area (Å²) in [7, 11) is 4.00. The van der Waals surface area contributed by atoms with Gasteiger partial charge in [0.25, 0.3) is 11.7 Å². The first-order chi connectivity index (χ1) is 14.5. The fraction of sp³-hybridized carbons (Fsp3) is 0.560. The Balaban J connectivity index is 1.65. The van der Waals surface area contributed by atoms with Gasteiger partial charge in [-0.3, -0.25) is 9.69 Å². The lowest BCUT2D eigenvalue weighted by molar-refractivity contribution is 0.0916. The molecule has 1 atom stereocenters. The van der Waals surface area contributed by atoms with Crippen LogP contribution in [0.1, 0.15) is 61.5 Å². The standard InChI is InChI=1S/C25H37N3O3/c1-24(2,11-12-25(3)10-9-21(29)22(30)15-25)28-16-18-7-6-8-19(20(18)17-28)23(31)26-13-14-27(4)5/h6-10,29-30H,11-17H2,1-5H3,(H,26,31)/p+1. The highest BCUT2D eigenvalue weighted by Gasteiger charge is 2.37. The number of benzene rings is 1. The lowest BCUT2D eigenvalue weighted by Gasteiger charge is -2.38. The first-order valence-corrected chi connectivity index (χ1v) is 11.1. The third-order valence-electron chi connectivity index (χ3n) is 6.77. The number of aliphatic hydroxyl groups is 1. The topological polar surface area (TPSA) is 78.7 Å². The van der Waals surface area contributed by atoms with Crippen molar-refractivity contribution in [3.63, 3.8) is 0 Å². The molecule has 170 valence electrons. The Hall–Kier alpha value is -2.31. The molecule has 1 aromatic rings. The van der Waals surface area contributed by atoms with Crippen LogP contribution >= 0.6 is 0 Å². The molecule has 6 heteroatoms. The van der Waals surface area contributed by atoms with Crippen LogP contribution < -0.4 is 5.32 Å². The van der Waals surface area contributed by atoms with Gasteiger partial charge in [0.2, 0.25) is 5.76 Å². The summed E-state index contributed by atoms with van der Waals surface area (Å²) < 4.78 is 0. The summed E-state index contributed by atoms with van der Waals surface area (Å²) in [6, 6.07) is 6.05. The maximum atomic E-state index is 12.8. The second-order valence-corrected chi connectivity index (χ2v) is 10.2. The van der Waals surface area contributed by atoms with Gasteiger partial charge < -0.3 is 20.4 Å². The molecule has 1 amide bonds. The van der Waals surface area contributed by atoms with Gasteiger partial charge in [-0.15, -0.1) is 0 Å². The summed E-state index contributed by atoms with van der Waals surface area (Å²) in [5.74, 6) is 0.414. The number of nitrogens with one attached hydrogen (secondary N) is 1. The number of amides is 1. The van der Waals surface area contributed by atoms with Crippen molar-refractivity contribution in [1.29, 1.82) is 0 Å². The van der Waals surface area contributed by atoms with E-state index in [1.54, 1.807) is 6.08 Å². The Bertz CT molecular complexity index is 888. The average Bonchev–Trinajstić information content (AvgIpc) is 3.15. The van der Waals surface area contributed by atoms with E-state index in [0.717, 1.165) is 43.6 Å². The average molecular weight is 429 g/mol. The fourth-order valence-electron chi connectivity index (χ4n) is 4.41. The molecular weight excluding hydrogens is 390 g/mol. The second-order valence-electron chi connectivity index (χ2n) is 10.2. The van der Waals surface area contributed by atoms with Crippen LogP contribution in [-0.4, -0.2) is 58.6 Å². The number of hydrogen-bond acceptors (Lipinski definition) is 4. The summed E-state index contributed by atoms with van der Waals surface area (Å²) in [5, 5.41) is 20.8. The SMILES string of the molecule is CN(C)CCNC(=O)c1cccc2c1CN(C(C)(C)CCC1(C)C=CC(O)=C([OH2+])C1)C2. The van der Waals surface area contributed by atoms with Crippen molar-refractivity contribution in [3.05, 3.63) is 58.6 Å². The van der Waals surface area contributed by atoms with E-state index < -0.39 is 0 Å². The van der Waals surface area contributed by atoms with E-state index in [-0.39, 0.29) is 22.6 Å². The second kappa shape index (κ2) is 9.05. The number of rotatable bonds is 8. The molecule has 2 aliphatic rings. The molecule has 1 unspecified atom stereocenters. The first kappa shape index (κ1) is 23.4. The van der Waals surface area contributed by atoms with Gasteiger partial charge in [-0.25, -0.2) is 0 Å². The summed E-state index contributed by atoms with van der Waals surface area (Å²) in [4.78, 5) is 17.3. The van der Waals surface area contributed by atoms with Crippen LogP contribution in [0, 0.1) is 5.41 Å². The first-order valence-electron chi connectivity index (χ1n) is 11.1. The maximum Gasteiger partial charge on any atom is 0.272 e. The lowest BCUT2D eigenvalue weighted by atomic mass is 9.76. The fourth-order valence-corrected chi connectivity index (χ4v) is 4.41. The van der Waals surface area contributed by atoms with E-state index in [0.29, 0.717) is 18.7 Å². The molecule has 1 heterocycles. The highest BCUT2D eigenvalue weighted by atomic mass is 16.3. The largest absolute Gasteiger partial charge is 0.594 e. The van der Waals surface area contributed by atoms with Crippen molar-refractivity contribution < 1.29 is 15.0 Å². The van der Waals surface area contributed by atoms with Gasteiger partial charge in [-0.1, -0.05) is 25.1 Å². The number of likely N-dealkylation sites (N-methyl/N-ethyl adjacent to an activating group) is 1. The van der Waals surface area contributed by atoms with Crippen LogP contribution in [0.3, 0.4) is 0 Å².